The Hall–Kier alpha value is -2.55. The highest BCUT2D eigenvalue weighted by molar-refractivity contribution is 9.10. The van der Waals surface area contributed by atoms with Gasteiger partial charge in [-0.15, -0.1) is 0 Å². The minimum atomic E-state index is -0.978. The van der Waals surface area contributed by atoms with Crippen molar-refractivity contribution in [1.82, 2.24) is 20.0 Å². The molecule has 2 aromatic rings. The normalized spacial score (nSPS) is 18.5. The predicted molar refractivity (Wildman–Crippen MR) is 95.3 cm³/mol. The zero-order chi connectivity index (χ0) is 18.3. The summed E-state index contributed by atoms with van der Waals surface area (Å²) < 4.78 is 7.93. The molecule has 1 unspecified atom stereocenters. The van der Waals surface area contributed by atoms with Gasteiger partial charge in [-0.25, -0.2) is 4.79 Å². The molecule has 0 aliphatic carbocycles. The molecule has 1 atom stereocenters. The standard InChI is InChI=1S/C17H17BrN4O4/c18-14-12-8-21(17(24)25)5-6-22(12)20-15(14)16(23)19-11-7-10-3-1-2-4-13(10)26-9-11/h1-4,11H,5-9H2,(H,19,23)(H,24,25). The number of amides is 2. The smallest absolute Gasteiger partial charge is 0.407 e. The monoisotopic (exact) mass is 420 g/mol. The Labute approximate surface area is 157 Å². The van der Waals surface area contributed by atoms with Crippen molar-refractivity contribution in [3.05, 3.63) is 45.7 Å². The van der Waals surface area contributed by atoms with Crippen molar-refractivity contribution in [2.75, 3.05) is 13.2 Å². The average Bonchev–Trinajstić information content (AvgIpc) is 2.98. The summed E-state index contributed by atoms with van der Waals surface area (Å²) in [5, 5.41) is 16.5. The molecule has 9 heteroatoms. The molecule has 4 rings (SSSR count). The first-order valence-corrected chi connectivity index (χ1v) is 9.07. The van der Waals surface area contributed by atoms with Crippen LogP contribution in [0, 0.1) is 0 Å². The number of rotatable bonds is 2. The number of nitrogens with one attached hydrogen (secondary N) is 1. The van der Waals surface area contributed by atoms with Crippen molar-refractivity contribution >= 4 is 27.9 Å². The van der Waals surface area contributed by atoms with Crippen molar-refractivity contribution in [1.29, 1.82) is 0 Å². The highest BCUT2D eigenvalue weighted by Crippen LogP contribution is 2.27. The molecule has 2 amide bonds. The van der Waals surface area contributed by atoms with Gasteiger partial charge in [0.15, 0.2) is 5.69 Å². The Bertz CT molecular complexity index is 882. The molecular formula is C17H17BrN4O4. The Morgan fingerprint density at radius 3 is 2.92 bits per heavy atom. The summed E-state index contributed by atoms with van der Waals surface area (Å²) in [6.45, 7) is 1.38. The molecule has 0 saturated carbocycles. The number of hydrogen-bond acceptors (Lipinski definition) is 4. The van der Waals surface area contributed by atoms with Crippen LogP contribution < -0.4 is 10.1 Å². The number of ether oxygens (including phenoxy) is 1. The second-order valence-electron chi connectivity index (χ2n) is 6.33. The first-order chi connectivity index (χ1) is 12.5. The summed E-state index contributed by atoms with van der Waals surface area (Å²) in [6, 6.07) is 7.63. The minimum Gasteiger partial charge on any atom is -0.491 e. The predicted octanol–water partition coefficient (Wildman–Crippen LogP) is 1.87. The fourth-order valence-electron chi connectivity index (χ4n) is 3.27. The molecule has 3 heterocycles. The van der Waals surface area contributed by atoms with E-state index in [-0.39, 0.29) is 24.2 Å². The van der Waals surface area contributed by atoms with Crippen LogP contribution in [0.4, 0.5) is 4.79 Å². The lowest BCUT2D eigenvalue weighted by molar-refractivity contribution is 0.0908. The van der Waals surface area contributed by atoms with Crippen LogP contribution in [0.15, 0.2) is 28.7 Å². The maximum atomic E-state index is 12.7. The zero-order valence-corrected chi connectivity index (χ0v) is 15.4. The van der Waals surface area contributed by atoms with Gasteiger partial charge in [-0.3, -0.25) is 9.48 Å². The molecule has 2 aliphatic heterocycles. The van der Waals surface area contributed by atoms with E-state index in [0.29, 0.717) is 36.3 Å². The Morgan fingerprint density at radius 2 is 2.12 bits per heavy atom. The third kappa shape index (κ3) is 3.03. The summed E-state index contributed by atoms with van der Waals surface area (Å²) in [6.07, 6.45) is -0.284. The maximum Gasteiger partial charge on any atom is 0.407 e. The van der Waals surface area contributed by atoms with Gasteiger partial charge in [0.2, 0.25) is 0 Å². The van der Waals surface area contributed by atoms with Gasteiger partial charge in [0, 0.05) is 6.54 Å². The largest absolute Gasteiger partial charge is 0.491 e. The molecule has 1 aromatic heterocycles. The summed E-state index contributed by atoms with van der Waals surface area (Å²) in [7, 11) is 0. The van der Waals surface area contributed by atoms with Crippen molar-refractivity contribution < 1.29 is 19.4 Å². The van der Waals surface area contributed by atoms with Gasteiger partial charge in [0.05, 0.1) is 29.3 Å². The maximum absolute atomic E-state index is 12.7. The SMILES string of the molecule is O=C(NC1COc2ccccc2C1)c1nn2c(c1Br)CN(C(=O)O)CC2. The zero-order valence-electron chi connectivity index (χ0n) is 13.8. The van der Waals surface area contributed by atoms with Gasteiger partial charge < -0.3 is 20.1 Å². The number of carbonyl (C=O) groups is 2. The molecule has 2 aliphatic rings. The van der Waals surface area contributed by atoms with Crippen LogP contribution in [0.1, 0.15) is 21.7 Å². The minimum absolute atomic E-state index is 0.140. The Kier molecular flexibility index (Phi) is 4.31. The number of para-hydroxylation sites is 1. The molecule has 0 fully saturated rings. The molecule has 136 valence electrons. The third-order valence-corrected chi connectivity index (χ3v) is 5.45. The Morgan fingerprint density at radius 1 is 1.31 bits per heavy atom. The van der Waals surface area contributed by atoms with Crippen molar-refractivity contribution in [3.8, 4) is 5.75 Å². The highest BCUT2D eigenvalue weighted by Gasteiger charge is 2.29. The van der Waals surface area contributed by atoms with Crippen LogP contribution in [0.5, 0.6) is 5.75 Å². The van der Waals surface area contributed by atoms with Gasteiger partial charge >= 0.3 is 6.09 Å². The van der Waals surface area contributed by atoms with E-state index in [1.54, 1.807) is 4.68 Å². The van der Waals surface area contributed by atoms with E-state index in [2.05, 4.69) is 26.3 Å². The second kappa shape index (κ2) is 6.64. The van der Waals surface area contributed by atoms with E-state index in [4.69, 9.17) is 9.84 Å². The third-order valence-electron chi connectivity index (χ3n) is 4.62. The van der Waals surface area contributed by atoms with Crippen molar-refractivity contribution in [2.24, 2.45) is 0 Å². The second-order valence-corrected chi connectivity index (χ2v) is 7.12. The molecule has 0 spiro atoms. The van der Waals surface area contributed by atoms with Gasteiger partial charge in [-0.1, -0.05) is 18.2 Å². The van der Waals surface area contributed by atoms with Crippen LogP contribution in [0.25, 0.3) is 0 Å². The molecule has 1 aromatic carbocycles. The summed E-state index contributed by atoms with van der Waals surface area (Å²) in [5.41, 5.74) is 2.02. The van der Waals surface area contributed by atoms with Crippen LogP contribution in [-0.2, 0) is 19.5 Å². The van der Waals surface area contributed by atoms with Crippen molar-refractivity contribution in [2.45, 2.75) is 25.6 Å². The van der Waals surface area contributed by atoms with E-state index in [9.17, 15) is 9.59 Å². The number of hydrogen-bond donors (Lipinski definition) is 2. The van der Waals surface area contributed by atoms with E-state index in [0.717, 1.165) is 11.3 Å². The van der Waals surface area contributed by atoms with Gasteiger partial charge in [0.1, 0.15) is 12.4 Å². The molecule has 2 N–H and O–H groups in total. The molecule has 26 heavy (non-hydrogen) atoms. The molecule has 0 bridgehead atoms. The number of halogens is 1. The first-order valence-electron chi connectivity index (χ1n) is 8.27. The van der Waals surface area contributed by atoms with E-state index in [1.165, 1.54) is 4.90 Å². The topological polar surface area (TPSA) is 96.7 Å². The average molecular weight is 421 g/mol. The number of benzene rings is 1. The van der Waals surface area contributed by atoms with Crippen LogP contribution in [-0.4, -0.2) is 51.0 Å². The number of carbonyl (C=O) groups excluding carboxylic acids is 1. The highest BCUT2D eigenvalue weighted by atomic mass is 79.9. The summed E-state index contributed by atoms with van der Waals surface area (Å²) in [4.78, 5) is 25.1. The number of carboxylic acid groups (broad SMARTS) is 1. The lowest BCUT2D eigenvalue weighted by atomic mass is 10.0. The molecule has 8 nitrogen and oxygen atoms in total. The van der Waals surface area contributed by atoms with Gasteiger partial charge in [-0.2, -0.15) is 5.10 Å². The lowest BCUT2D eigenvalue weighted by Crippen LogP contribution is -2.43. The van der Waals surface area contributed by atoms with Crippen LogP contribution >= 0.6 is 15.9 Å². The van der Waals surface area contributed by atoms with Crippen molar-refractivity contribution in [3.63, 3.8) is 0 Å². The van der Waals surface area contributed by atoms with E-state index >= 15 is 0 Å². The summed E-state index contributed by atoms with van der Waals surface area (Å²) >= 11 is 3.41. The van der Waals surface area contributed by atoms with Gasteiger partial charge in [-0.05, 0) is 34.0 Å². The number of nitrogens with zero attached hydrogens (tertiary/aromatic N) is 3. The molecule has 0 radical (unpaired) electrons. The van der Waals surface area contributed by atoms with E-state index in [1.807, 2.05) is 24.3 Å². The fourth-order valence-corrected chi connectivity index (χ4v) is 3.86. The van der Waals surface area contributed by atoms with E-state index < -0.39 is 6.09 Å². The van der Waals surface area contributed by atoms with Gasteiger partial charge in [0.25, 0.3) is 5.91 Å². The lowest BCUT2D eigenvalue weighted by Gasteiger charge is -2.25. The van der Waals surface area contributed by atoms with Crippen LogP contribution in [0.3, 0.4) is 0 Å². The van der Waals surface area contributed by atoms with Crippen LogP contribution in [0.2, 0.25) is 0 Å². The number of fused-ring (bicyclic) bond motifs is 2. The fraction of sp³-hybridized carbons (Fsp3) is 0.353. The molecule has 0 saturated heterocycles. The summed E-state index contributed by atoms with van der Waals surface area (Å²) in [5.74, 6) is 0.555. The molecular weight excluding hydrogens is 404 g/mol. The first kappa shape index (κ1) is 16.9. The quantitative estimate of drug-likeness (QED) is 0.772. The Balaban J connectivity index is 1.49. The number of aromatic nitrogens is 2.